The Morgan fingerprint density at radius 2 is 1.87 bits per heavy atom. The lowest BCUT2D eigenvalue weighted by atomic mass is 9.95. The van der Waals surface area contributed by atoms with Crippen LogP contribution in [0.25, 0.3) is 0 Å². The highest BCUT2D eigenvalue weighted by molar-refractivity contribution is 5.95. The number of nitrogen functional groups attached to an aromatic ring is 1. The molecule has 8 heteroatoms. The van der Waals surface area contributed by atoms with Gasteiger partial charge >= 0.3 is 0 Å². The second-order valence-corrected chi connectivity index (χ2v) is 7.70. The Bertz CT molecular complexity index is 896. The number of nitrogens with two attached hydrogens (primary N) is 1. The van der Waals surface area contributed by atoms with Crippen LogP contribution in [0, 0.1) is 5.41 Å². The van der Waals surface area contributed by atoms with E-state index in [1.165, 1.54) is 0 Å². The number of carboxylic acids is 1. The maximum Gasteiger partial charge on any atom is 0.122 e. The van der Waals surface area contributed by atoms with Gasteiger partial charge in [-0.3, -0.25) is 5.41 Å². The highest BCUT2D eigenvalue weighted by Crippen LogP contribution is 2.29. The fourth-order valence-electron chi connectivity index (χ4n) is 3.67. The third-order valence-electron chi connectivity index (χ3n) is 5.42. The van der Waals surface area contributed by atoms with E-state index in [0.717, 1.165) is 24.8 Å². The van der Waals surface area contributed by atoms with Crippen LogP contribution < -0.4 is 20.9 Å². The first-order valence-electron chi connectivity index (χ1n) is 10.3. The number of anilines is 1. The molecule has 0 bridgehead atoms. The SMILES string of the molecule is CCc1cc(OC2CCC(O)CC2)cc(C(Nc2ccc(C(=N)N)cc2)C(=O)[O-])c1.Cl. The summed E-state index contributed by atoms with van der Waals surface area (Å²) in [6, 6.07) is 11.1. The molecule has 1 saturated carbocycles. The van der Waals surface area contributed by atoms with Crippen LogP contribution in [0.1, 0.15) is 55.3 Å². The van der Waals surface area contributed by atoms with Gasteiger partial charge in [0.1, 0.15) is 11.6 Å². The summed E-state index contributed by atoms with van der Waals surface area (Å²) in [6.45, 7) is 2.00. The highest BCUT2D eigenvalue weighted by Gasteiger charge is 2.22. The summed E-state index contributed by atoms with van der Waals surface area (Å²) in [7, 11) is 0. The first-order valence-corrected chi connectivity index (χ1v) is 10.3. The molecule has 1 atom stereocenters. The van der Waals surface area contributed by atoms with Gasteiger partial charge in [0.2, 0.25) is 0 Å². The van der Waals surface area contributed by atoms with E-state index in [1.54, 1.807) is 30.3 Å². The van der Waals surface area contributed by atoms with Crippen LogP contribution in [-0.2, 0) is 11.2 Å². The maximum absolute atomic E-state index is 11.9. The van der Waals surface area contributed by atoms with Crippen molar-refractivity contribution >= 4 is 29.9 Å². The number of amidine groups is 1. The normalized spacial score (nSPS) is 19.0. The fourth-order valence-corrected chi connectivity index (χ4v) is 3.67. The maximum atomic E-state index is 11.9. The summed E-state index contributed by atoms with van der Waals surface area (Å²) in [6.07, 6.45) is 3.47. The molecule has 1 aliphatic rings. The number of carboxylic acid groups (broad SMARTS) is 1. The molecule has 1 unspecified atom stereocenters. The van der Waals surface area contributed by atoms with Crippen LogP contribution in [0.2, 0.25) is 0 Å². The first kappa shape index (κ1) is 24.5. The van der Waals surface area contributed by atoms with E-state index in [0.29, 0.717) is 35.4 Å². The third-order valence-corrected chi connectivity index (χ3v) is 5.42. The number of hydrogen-bond acceptors (Lipinski definition) is 6. The zero-order valence-corrected chi connectivity index (χ0v) is 18.3. The van der Waals surface area contributed by atoms with E-state index < -0.39 is 12.0 Å². The lowest BCUT2D eigenvalue weighted by Gasteiger charge is -2.27. The van der Waals surface area contributed by atoms with Crippen molar-refractivity contribution in [3.05, 3.63) is 59.2 Å². The topological polar surface area (TPSA) is 131 Å². The zero-order valence-electron chi connectivity index (χ0n) is 17.5. The summed E-state index contributed by atoms with van der Waals surface area (Å²) >= 11 is 0. The van der Waals surface area contributed by atoms with Gasteiger partial charge < -0.3 is 30.8 Å². The van der Waals surface area contributed by atoms with E-state index in [1.807, 2.05) is 19.1 Å². The monoisotopic (exact) mass is 446 g/mol. The Morgan fingerprint density at radius 1 is 1.23 bits per heavy atom. The molecule has 2 aromatic carbocycles. The minimum Gasteiger partial charge on any atom is -0.548 e. The number of aryl methyl sites for hydroxylation is 1. The van der Waals surface area contributed by atoms with Gasteiger partial charge in [0.25, 0.3) is 0 Å². The molecule has 168 valence electrons. The molecule has 1 fully saturated rings. The van der Waals surface area contributed by atoms with Gasteiger partial charge in [-0.2, -0.15) is 0 Å². The van der Waals surface area contributed by atoms with Gasteiger partial charge in [-0.05, 0) is 79.6 Å². The number of rotatable bonds is 8. The van der Waals surface area contributed by atoms with Crippen LogP contribution in [0.15, 0.2) is 42.5 Å². The molecule has 0 amide bonds. The number of aliphatic hydroxyl groups excluding tert-OH is 1. The number of ether oxygens (including phenoxy) is 1. The Balaban J connectivity index is 0.00000341. The zero-order chi connectivity index (χ0) is 21.7. The van der Waals surface area contributed by atoms with Crippen LogP contribution in [0.3, 0.4) is 0 Å². The number of carbonyl (C=O) groups excluding carboxylic acids is 1. The number of halogens is 1. The molecule has 0 spiro atoms. The minimum atomic E-state index is -1.24. The van der Waals surface area contributed by atoms with Gasteiger partial charge in [-0.1, -0.05) is 13.0 Å². The lowest BCUT2D eigenvalue weighted by Crippen LogP contribution is -2.34. The van der Waals surface area contributed by atoms with Crippen molar-refractivity contribution in [2.75, 3.05) is 5.32 Å². The van der Waals surface area contributed by atoms with Crippen LogP contribution in [0.4, 0.5) is 5.69 Å². The molecule has 0 heterocycles. The van der Waals surface area contributed by atoms with Gasteiger partial charge in [0.05, 0.1) is 24.2 Å². The molecule has 3 rings (SSSR count). The van der Waals surface area contributed by atoms with Crippen LogP contribution >= 0.6 is 12.4 Å². The standard InChI is InChI=1S/C23H29N3O4.ClH/c1-2-14-11-16(13-20(12-14)30-19-9-7-18(27)8-10-19)21(23(28)29)26-17-5-3-15(4-6-17)22(24)25;/h3-6,11-13,18-19,21,26-27H,2,7-10H2,1H3,(H3,24,25)(H,28,29);1H/p-1. The van der Waals surface area contributed by atoms with Crippen molar-refractivity contribution in [1.82, 2.24) is 0 Å². The molecule has 7 nitrogen and oxygen atoms in total. The van der Waals surface area contributed by atoms with E-state index in [2.05, 4.69) is 5.32 Å². The Morgan fingerprint density at radius 3 is 2.42 bits per heavy atom. The van der Waals surface area contributed by atoms with Crippen molar-refractivity contribution in [3.8, 4) is 5.75 Å². The van der Waals surface area contributed by atoms with Crippen molar-refractivity contribution < 1.29 is 19.7 Å². The minimum absolute atomic E-state index is 0. The molecular formula is C23H29ClN3O4-. The molecule has 2 aromatic rings. The van der Waals surface area contributed by atoms with Crippen LogP contribution in [-0.4, -0.2) is 29.1 Å². The lowest BCUT2D eigenvalue weighted by molar-refractivity contribution is -0.307. The summed E-state index contributed by atoms with van der Waals surface area (Å²) in [5, 5.41) is 32.1. The predicted molar refractivity (Wildman–Crippen MR) is 121 cm³/mol. The Labute approximate surface area is 188 Å². The van der Waals surface area contributed by atoms with Gasteiger partial charge in [0, 0.05) is 11.3 Å². The predicted octanol–water partition coefficient (Wildman–Crippen LogP) is 2.54. The van der Waals surface area contributed by atoms with Crippen molar-refractivity contribution in [3.63, 3.8) is 0 Å². The van der Waals surface area contributed by atoms with E-state index in [4.69, 9.17) is 15.9 Å². The van der Waals surface area contributed by atoms with Crippen LogP contribution in [0.5, 0.6) is 5.75 Å². The first-order chi connectivity index (χ1) is 14.4. The van der Waals surface area contributed by atoms with Crippen molar-refractivity contribution in [2.45, 2.75) is 57.3 Å². The van der Waals surface area contributed by atoms with Crippen molar-refractivity contribution in [2.24, 2.45) is 5.73 Å². The number of aliphatic carboxylic acids is 1. The molecule has 0 saturated heterocycles. The van der Waals surface area contributed by atoms with E-state index in [-0.39, 0.29) is 30.5 Å². The Hall–Kier alpha value is -2.77. The average Bonchev–Trinajstić information content (AvgIpc) is 2.73. The van der Waals surface area contributed by atoms with Crippen molar-refractivity contribution in [1.29, 1.82) is 5.41 Å². The third kappa shape index (κ3) is 6.60. The van der Waals surface area contributed by atoms with Gasteiger partial charge in [-0.15, -0.1) is 12.4 Å². The molecule has 0 aliphatic heterocycles. The highest BCUT2D eigenvalue weighted by atomic mass is 35.5. The summed E-state index contributed by atoms with van der Waals surface area (Å²) in [4.78, 5) is 11.9. The summed E-state index contributed by atoms with van der Waals surface area (Å²) < 4.78 is 6.12. The number of nitrogens with one attached hydrogen (secondary N) is 2. The molecule has 5 N–H and O–H groups in total. The van der Waals surface area contributed by atoms with E-state index in [9.17, 15) is 15.0 Å². The quantitative estimate of drug-likeness (QED) is 0.364. The smallest absolute Gasteiger partial charge is 0.122 e. The summed E-state index contributed by atoms with van der Waals surface area (Å²) in [5.74, 6) is -0.665. The second kappa shape index (κ2) is 11.0. The number of benzene rings is 2. The number of carbonyl (C=O) groups is 1. The van der Waals surface area contributed by atoms with Gasteiger partial charge in [0.15, 0.2) is 0 Å². The number of hydrogen-bond donors (Lipinski definition) is 4. The Kier molecular flexibility index (Phi) is 8.71. The largest absolute Gasteiger partial charge is 0.548 e. The molecule has 0 aromatic heterocycles. The molecular weight excluding hydrogens is 418 g/mol. The molecule has 31 heavy (non-hydrogen) atoms. The van der Waals surface area contributed by atoms with Gasteiger partial charge in [-0.25, -0.2) is 0 Å². The van der Waals surface area contributed by atoms with E-state index >= 15 is 0 Å². The second-order valence-electron chi connectivity index (χ2n) is 7.70. The summed E-state index contributed by atoms with van der Waals surface area (Å²) in [5.41, 5.74) is 8.14. The molecule has 0 radical (unpaired) electrons. The number of aliphatic hydroxyl groups is 1. The molecule has 1 aliphatic carbocycles. The average molecular weight is 447 g/mol. The fraction of sp³-hybridized carbons (Fsp3) is 0.391.